The van der Waals surface area contributed by atoms with Crippen molar-refractivity contribution >= 4 is 33.8 Å². The average Bonchev–Trinajstić information content (AvgIpc) is 3.92. The van der Waals surface area contributed by atoms with Gasteiger partial charge in [-0.2, -0.15) is 0 Å². The summed E-state index contributed by atoms with van der Waals surface area (Å²) in [4.78, 5) is 58.2. The van der Waals surface area contributed by atoms with Crippen molar-refractivity contribution in [1.29, 1.82) is 0 Å². The highest BCUT2D eigenvalue weighted by Crippen LogP contribution is 2.46. The quantitative estimate of drug-likeness (QED) is 0.360. The minimum atomic E-state index is -3.88. The standard InChI is InChI=1S/C35H48FN5O8S/c1-34(2,3)49-33(45)37-28-13-8-6-4-5-7-11-23-17-35(23,32(44)39-50(46,47)25-14-15-25)38-30(42)29-16-24(19-41(29)31(28)43)48-21-40-18-22-10-9-12-27(36)26(22)20-40/h7,9-12,23-25,28-29H,4-6,8,13-21H2,1-3H3,(H,37,45)(H,38,42)(H,39,44). The zero-order chi connectivity index (χ0) is 35.8. The average molecular weight is 718 g/mol. The Morgan fingerprint density at radius 1 is 1.10 bits per heavy atom. The van der Waals surface area contributed by atoms with Gasteiger partial charge >= 0.3 is 6.09 Å². The molecule has 0 spiro atoms. The topological polar surface area (TPSA) is 163 Å². The molecule has 5 aliphatic rings. The predicted octanol–water partition coefficient (Wildman–Crippen LogP) is 2.98. The van der Waals surface area contributed by atoms with Crippen LogP contribution in [0.4, 0.5) is 9.18 Å². The summed E-state index contributed by atoms with van der Waals surface area (Å²) in [5.41, 5.74) is -0.794. The number of benzene rings is 1. The van der Waals surface area contributed by atoms with Crippen molar-refractivity contribution in [2.45, 2.75) is 126 Å². The van der Waals surface area contributed by atoms with Crippen molar-refractivity contribution in [2.24, 2.45) is 5.92 Å². The van der Waals surface area contributed by atoms with Gasteiger partial charge in [0.15, 0.2) is 0 Å². The summed E-state index contributed by atoms with van der Waals surface area (Å²) in [6.45, 7) is 6.19. The molecule has 6 rings (SSSR count). The maximum atomic E-state index is 14.4. The molecule has 15 heteroatoms. The molecular weight excluding hydrogens is 669 g/mol. The number of fused-ring (bicyclic) bond motifs is 3. The maximum Gasteiger partial charge on any atom is 0.408 e. The number of amides is 4. The Labute approximate surface area is 292 Å². The largest absolute Gasteiger partial charge is 0.444 e. The molecule has 3 heterocycles. The van der Waals surface area contributed by atoms with Gasteiger partial charge in [0.05, 0.1) is 11.4 Å². The van der Waals surface area contributed by atoms with Crippen LogP contribution in [0.2, 0.25) is 0 Å². The van der Waals surface area contributed by atoms with Gasteiger partial charge in [0, 0.05) is 37.5 Å². The summed E-state index contributed by atoms with van der Waals surface area (Å²) in [5.74, 6) is -2.57. The van der Waals surface area contributed by atoms with Crippen molar-refractivity contribution in [3.63, 3.8) is 0 Å². The smallest absolute Gasteiger partial charge is 0.408 e. The second-order valence-corrected chi connectivity index (χ2v) is 17.2. The molecule has 274 valence electrons. The highest BCUT2D eigenvalue weighted by Gasteiger charge is 2.62. The molecule has 5 atom stereocenters. The SMILES string of the molecule is CC(C)(C)OC(=O)NC1CCCCCC=CC2CC2(C(=O)NS(=O)(=O)C2CC2)NC(=O)C2CC(OCN3Cc4cccc(F)c4C3)CN2C1=O. The molecule has 50 heavy (non-hydrogen) atoms. The van der Waals surface area contributed by atoms with Crippen LogP contribution in [0.15, 0.2) is 30.4 Å². The van der Waals surface area contributed by atoms with Crippen LogP contribution in [0, 0.1) is 11.7 Å². The van der Waals surface area contributed by atoms with Crippen LogP contribution >= 0.6 is 0 Å². The number of halogens is 1. The van der Waals surface area contributed by atoms with E-state index >= 15 is 0 Å². The lowest BCUT2D eigenvalue weighted by atomic mass is 10.0. The Morgan fingerprint density at radius 2 is 1.88 bits per heavy atom. The molecule has 0 aromatic heterocycles. The first-order valence-electron chi connectivity index (χ1n) is 17.6. The summed E-state index contributed by atoms with van der Waals surface area (Å²) in [6, 6.07) is 2.91. The van der Waals surface area contributed by atoms with E-state index in [1.54, 1.807) is 26.8 Å². The summed E-state index contributed by atoms with van der Waals surface area (Å²) >= 11 is 0. The second-order valence-electron chi connectivity index (χ2n) is 15.2. The van der Waals surface area contributed by atoms with Gasteiger partial charge in [0.25, 0.3) is 5.91 Å². The normalized spacial score (nSPS) is 29.2. The number of carbonyl (C=O) groups excluding carboxylic acids is 4. The minimum absolute atomic E-state index is 0.0388. The first kappa shape index (κ1) is 36.2. The van der Waals surface area contributed by atoms with E-state index in [9.17, 15) is 32.0 Å². The number of hydrogen-bond acceptors (Lipinski definition) is 9. The van der Waals surface area contributed by atoms with Gasteiger partial charge in [0.1, 0.15) is 35.8 Å². The third kappa shape index (κ3) is 8.31. The molecule has 0 bridgehead atoms. The van der Waals surface area contributed by atoms with Gasteiger partial charge < -0.3 is 25.0 Å². The van der Waals surface area contributed by atoms with E-state index in [0.717, 1.165) is 18.4 Å². The monoisotopic (exact) mass is 717 g/mol. The lowest BCUT2D eigenvalue weighted by Gasteiger charge is -2.30. The van der Waals surface area contributed by atoms with E-state index < -0.39 is 74.3 Å². The van der Waals surface area contributed by atoms with Crippen LogP contribution in [0.1, 0.15) is 89.7 Å². The van der Waals surface area contributed by atoms with Gasteiger partial charge in [-0.05, 0) is 70.9 Å². The van der Waals surface area contributed by atoms with Crippen LogP contribution in [0.25, 0.3) is 0 Å². The molecule has 13 nitrogen and oxygen atoms in total. The van der Waals surface area contributed by atoms with Crippen molar-refractivity contribution in [2.75, 3.05) is 13.3 Å². The number of sulfonamides is 1. The zero-order valence-electron chi connectivity index (χ0n) is 28.9. The van der Waals surface area contributed by atoms with E-state index in [1.165, 1.54) is 11.0 Å². The van der Waals surface area contributed by atoms with Crippen LogP contribution in [0.3, 0.4) is 0 Å². The van der Waals surface area contributed by atoms with E-state index in [0.29, 0.717) is 50.8 Å². The van der Waals surface area contributed by atoms with Gasteiger partial charge in [-0.25, -0.2) is 17.6 Å². The number of rotatable bonds is 7. The molecule has 5 unspecified atom stereocenters. The number of nitrogens with one attached hydrogen (secondary N) is 3. The van der Waals surface area contributed by atoms with Crippen LogP contribution in [-0.2, 0) is 47.0 Å². The Kier molecular flexibility index (Phi) is 10.3. The fourth-order valence-electron chi connectivity index (χ4n) is 7.08. The fourth-order valence-corrected chi connectivity index (χ4v) is 8.45. The van der Waals surface area contributed by atoms with Crippen molar-refractivity contribution in [1.82, 2.24) is 25.2 Å². The summed E-state index contributed by atoms with van der Waals surface area (Å²) in [5, 5.41) is 4.95. The third-order valence-electron chi connectivity index (χ3n) is 10.0. The van der Waals surface area contributed by atoms with Gasteiger partial charge in [0.2, 0.25) is 21.8 Å². The number of nitrogens with zero attached hydrogens (tertiary/aromatic N) is 2. The highest BCUT2D eigenvalue weighted by molar-refractivity contribution is 7.91. The van der Waals surface area contributed by atoms with E-state index in [1.807, 2.05) is 23.1 Å². The van der Waals surface area contributed by atoms with E-state index in [2.05, 4.69) is 15.4 Å². The molecule has 2 saturated carbocycles. The summed E-state index contributed by atoms with van der Waals surface area (Å²) in [6.07, 6.45) is 6.95. The molecule has 2 aliphatic carbocycles. The minimum Gasteiger partial charge on any atom is -0.444 e. The molecule has 4 amide bonds. The Morgan fingerprint density at radius 3 is 2.60 bits per heavy atom. The van der Waals surface area contributed by atoms with Gasteiger partial charge in [-0.1, -0.05) is 37.1 Å². The molecule has 1 saturated heterocycles. The van der Waals surface area contributed by atoms with Gasteiger partial charge in [-0.15, -0.1) is 0 Å². The van der Waals surface area contributed by atoms with Crippen LogP contribution in [-0.4, -0.2) is 89.9 Å². The lowest BCUT2D eigenvalue weighted by molar-refractivity contribution is -0.141. The highest BCUT2D eigenvalue weighted by atomic mass is 32.2. The zero-order valence-corrected chi connectivity index (χ0v) is 29.7. The lowest BCUT2D eigenvalue weighted by Crippen LogP contribution is -2.58. The molecule has 1 aromatic rings. The first-order chi connectivity index (χ1) is 23.6. The molecule has 1 aromatic carbocycles. The predicted molar refractivity (Wildman–Crippen MR) is 180 cm³/mol. The van der Waals surface area contributed by atoms with Gasteiger partial charge in [-0.3, -0.25) is 24.0 Å². The molecule has 3 N–H and O–H groups in total. The second kappa shape index (κ2) is 14.2. The van der Waals surface area contributed by atoms with E-state index in [4.69, 9.17) is 9.47 Å². The fraction of sp³-hybridized carbons (Fsp3) is 0.657. The Balaban J connectivity index is 1.23. The number of carbonyl (C=O) groups is 4. The van der Waals surface area contributed by atoms with Crippen LogP contribution in [0.5, 0.6) is 0 Å². The number of alkyl carbamates (subject to hydrolysis) is 1. The first-order valence-corrected chi connectivity index (χ1v) is 19.1. The maximum absolute atomic E-state index is 14.4. The third-order valence-corrected chi connectivity index (χ3v) is 11.8. The van der Waals surface area contributed by atoms with Crippen molar-refractivity contribution < 1.29 is 41.5 Å². The van der Waals surface area contributed by atoms with E-state index in [-0.39, 0.29) is 31.9 Å². The molecule has 0 radical (unpaired) electrons. The summed E-state index contributed by atoms with van der Waals surface area (Å²) < 4.78 is 53.8. The Bertz CT molecular complexity index is 1640. The molecular formula is C35H48FN5O8S. The number of allylic oxidation sites excluding steroid dienone is 1. The van der Waals surface area contributed by atoms with Crippen molar-refractivity contribution in [3.05, 3.63) is 47.3 Å². The van der Waals surface area contributed by atoms with Crippen molar-refractivity contribution in [3.8, 4) is 0 Å². The number of ether oxygens (including phenoxy) is 2. The molecule has 3 fully saturated rings. The number of hydrogen-bond donors (Lipinski definition) is 3. The summed E-state index contributed by atoms with van der Waals surface area (Å²) in [7, 11) is -3.88. The van der Waals surface area contributed by atoms with Crippen LogP contribution < -0.4 is 15.4 Å². The Hall–Kier alpha value is -3.56. The molecule has 3 aliphatic heterocycles.